The third-order valence-electron chi connectivity index (χ3n) is 3.50. The van der Waals surface area contributed by atoms with E-state index in [1.54, 1.807) is 19.1 Å². The Labute approximate surface area is 150 Å². The lowest BCUT2D eigenvalue weighted by molar-refractivity contribution is 0.0437. The van der Waals surface area contributed by atoms with Crippen LogP contribution in [0.1, 0.15) is 19.6 Å². The summed E-state index contributed by atoms with van der Waals surface area (Å²) in [5, 5.41) is 16.5. The fourth-order valence-corrected chi connectivity index (χ4v) is 2.14. The van der Waals surface area contributed by atoms with Crippen molar-refractivity contribution in [1.29, 1.82) is 0 Å². The van der Waals surface area contributed by atoms with Gasteiger partial charge in [-0.1, -0.05) is 0 Å². The minimum Gasteiger partial charge on any atom is -0.492 e. The van der Waals surface area contributed by atoms with E-state index in [0.717, 1.165) is 12.1 Å². The van der Waals surface area contributed by atoms with Crippen LogP contribution in [-0.2, 0) is 5.60 Å². The second kappa shape index (κ2) is 9.19. The first-order chi connectivity index (χ1) is 12.4. The molecular formula is C18H23F2N3O3. The normalized spacial score (nSPS) is 14.0. The van der Waals surface area contributed by atoms with Gasteiger partial charge in [-0.05, 0) is 38.1 Å². The maximum Gasteiger partial charge on any atom is 0.191 e. The summed E-state index contributed by atoms with van der Waals surface area (Å²) in [6, 6.07) is 6.76. The average molecular weight is 367 g/mol. The molecule has 0 aliphatic rings. The van der Waals surface area contributed by atoms with E-state index in [-0.39, 0.29) is 18.9 Å². The van der Waals surface area contributed by atoms with Gasteiger partial charge in [-0.3, -0.25) is 0 Å². The SMILES string of the molecule is CCNC(=NCC(C)(O)c1ccco1)NCCOc1ccc(F)c(F)c1. The van der Waals surface area contributed by atoms with Crippen molar-refractivity contribution in [2.75, 3.05) is 26.2 Å². The number of aliphatic imine (C=N–C) groups is 1. The standard InChI is InChI=1S/C18H23F2N3O3/c1-3-21-17(23-12-18(2,24)16-5-4-9-26-16)22-8-10-25-13-6-7-14(19)15(20)11-13/h4-7,9,11,24H,3,8,10,12H2,1-2H3,(H2,21,22,23). The molecule has 6 nitrogen and oxygen atoms in total. The molecule has 2 aromatic rings. The first kappa shape index (κ1) is 19.7. The van der Waals surface area contributed by atoms with Crippen LogP contribution in [-0.4, -0.2) is 37.3 Å². The molecule has 2 rings (SSSR count). The maximum absolute atomic E-state index is 13.1. The lowest BCUT2D eigenvalue weighted by atomic mass is 10.0. The average Bonchev–Trinajstić information content (AvgIpc) is 3.15. The molecule has 0 aliphatic heterocycles. The summed E-state index contributed by atoms with van der Waals surface area (Å²) in [6.07, 6.45) is 1.49. The number of benzene rings is 1. The molecule has 1 aromatic carbocycles. The minimum absolute atomic E-state index is 0.0971. The predicted octanol–water partition coefficient (Wildman–Crippen LogP) is 2.40. The van der Waals surface area contributed by atoms with Crippen LogP contribution in [0.25, 0.3) is 0 Å². The molecule has 142 valence electrons. The smallest absolute Gasteiger partial charge is 0.191 e. The van der Waals surface area contributed by atoms with E-state index < -0.39 is 17.2 Å². The Morgan fingerprint density at radius 3 is 2.73 bits per heavy atom. The second-order valence-corrected chi connectivity index (χ2v) is 5.80. The summed E-state index contributed by atoms with van der Waals surface area (Å²) in [4.78, 5) is 4.33. The third kappa shape index (κ3) is 5.73. The summed E-state index contributed by atoms with van der Waals surface area (Å²) >= 11 is 0. The fourth-order valence-electron chi connectivity index (χ4n) is 2.14. The zero-order chi connectivity index (χ0) is 19.0. The Hall–Kier alpha value is -2.61. The van der Waals surface area contributed by atoms with Crippen molar-refractivity contribution >= 4 is 5.96 Å². The highest BCUT2D eigenvalue weighted by atomic mass is 19.2. The minimum atomic E-state index is -1.23. The Balaban J connectivity index is 1.84. The van der Waals surface area contributed by atoms with Gasteiger partial charge in [-0.15, -0.1) is 0 Å². The van der Waals surface area contributed by atoms with Crippen molar-refractivity contribution in [3.05, 3.63) is 54.0 Å². The molecule has 0 saturated carbocycles. The number of rotatable bonds is 8. The summed E-state index contributed by atoms with van der Waals surface area (Å²) in [7, 11) is 0. The van der Waals surface area contributed by atoms with Crippen molar-refractivity contribution in [3.63, 3.8) is 0 Å². The van der Waals surface area contributed by atoms with Gasteiger partial charge in [0.25, 0.3) is 0 Å². The van der Waals surface area contributed by atoms with E-state index in [4.69, 9.17) is 9.15 Å². The molecule has 0 amide bonds. The van der Waals surface area contributed by atoms with E-state index in [1.807, 2.05) is 6.92 Å². The first-order valence-electron chi connectivity index (χ1n) is 8.29. The van der Waals surface area contributed by atoms with Gasteiger partial charge in [0.2, 0.25) is 0 Å². The van der Waals surface area contributed by atoms with Crippen LogP contribution in [0.5, 0.6) is 5.75 Å². The number of hydrogen-bond donors (Lipinski definition) is 3. The van der Waals surface area contributed by atoms with E-state index in [1.165, 1.54) is 12.3 Å². The predicted molar refractivity (Wildman–Crippen MR) is 94.1 cm³/mol. The highest BCUT2D eigenvalue weighted by molar-refractivity contribution is 5.79. The van der Waals surface area contributed by atoms with Gasteiger partial charge in [0.05, 0.1) is 19.4 Å². The number of halogens is 2. The van der Waals surface area contributed by atoms with Crippen molar-refractivity contribution in [2.45, 2.75) is 19.4 Å². The Bertz CT molecular complexity index is 718. The molecule has 0 fully saturated rings. The zero-order valence-corrected chi connectivity index (χ0v) is 14.8. The molecule has 1 heterocycles. The molecule has 1 atom stereocenters. The van der Waals surface area contributed by atoms with Gasteiger partial charge < -0.3 is 24.9 Å². The van der Waals surface area contributed by atoms with Crippen LogP contribution < -0.4 is 15.4 Å². The lowest BCUT2D eigenvalue weighted by Gasteiger charge is -2.19. The number of hydrogen-bond acceptors (Lipinski definition) is 4. The van der Waals surface area contributed by atoms with Gasteiger partial charge in [-0.2, -0.15) is 0 Å². The van der Waals surface area contributed by atoms with Crippen molar-refractivity contribution in [2.24, 2.45) is 4.99 Å². The zero-order valence-electron chi connectivity index (χ0n) is 14.8. The molecular weight excluding hydrogens is 344 g/mol. The monoisotopic (exact) mass is 367 g/mol. The number of aliphatic hydroxyl groups is 1. The molecule has 8 heteroatoms. The van der Waals surface area contributed by atoms with Crippen LogP contribution in [0.3, 0.4) is 0 Å². The van der Waals surface area contributed by atoms with Crippen LogP contribution in [0, 0.1) is 11.6 Å². The molecule has 0 radical (unpaired) electrons. The summed E-state index contributed by atoms with van der Waals surface area (Å²) in [5.41, 5.74) is -1.23. The molecule has 3 N–H and O–H groups in total. The summed E-state index contributed by atoms with van der Waals surface area (Å²) in [5.74, 6) is -0.702. The van der Waals surface area contributed by atoms with Crippen LogP contribution in [0.4, 0.5) is 8.78 Å². The van der Waals surface area contributed by atoms with E-state index in [9.17, 15) is 13.9 Å². The molecule has 1 unspecified atom stereocenters. The second-order valence-electron chi connectivity index (χ2n) is 5.80. The topological polar surface area (TPSA) is 79.0 Å². The van der Waals surface area contributed by atoms with Gasteiger partial charge >= 0.3 is 0 Å². The van der Waals surface area contributed by atoms with Gasteiger partial charge in [-0.25, -0.2) is 13.8 Å². The number of nitrogens with one attached hydrogen (secondary N) is 2. The van der Waals surface area contributed by atoms with E-state index in [2.05, 4.69) is 15.6 Å². The first-order valence-corrected chi connectivity index (χ1v) is 8.29. The van der Waals surface area contributed by atoms with Gasteiger partial charge in [0.15, 0.2) is 17.6 Å². The highest BCUT2D eigenvalue weighted by Gasteiger charge is 2.26. The molecule has 0 bridgehead atoms. The Kier molecular flexibility index (Phi) is 6.97. The number of guanidine groups is 1. The van der Waals surface area contributed by atoms with Crippen molar-refractivity contribution < 1.29 is 23.0 Å². The summed E-state index contributed by atoms with van der Waals surface area (Å²) in [6.45, 7) is 4.88. The molecule has 0 spiro atoms. The van der Waals surface area contributed by atoms with E-state index >= 15 is 0 Å². The molecule has 0 saturated heterocycles. The maximum atomic E-state index is 13.1. The number of ether oxygens (including phenoxy) is 1. The highest BCUT2D eigenvalue weighted by Crippen LogP contribution is 2.21. The largest absolute Gasteiger partial charge is 0.492 e. The van der Waals surface area contributed by atoms with Crippen LogP contribution in [0.15, 0.2) is 46.0 Å². The lowest BCUT2D eigenvalue weighted by Crippen LogP contribution is -2.40. The number of furan rings is 1. The van der Waals surface area contributed by atoms with Crippen LogP contribution >= 0.6 is 0 Å². The molecule has 26 heavy (non-hydrogen) atoms. The third-order valence-corrected chi connectivity index (χ3v) is 3.50. The van der Waals surface area contributed by atoms with Crippen molar-refractivity contribution in [1.82, 2.24) is 10.6 Å². The molecule has 1 aromatic heterocycles. The molecule has 0 aliphatic carbocycles. The Morgan fingerprint density at radius 2 is 2.08 bits per heavy atom. The summed E-state index contributed by atoms with van der Waals surface area (Å²) < 4.78 is 36.6. The van der Waals surface area contributed by atoms with Gasteiger partial charge in [0, 0.05) is 12.6 Å². The Morgan fingerprint density at radius 1 is 1.27 bits per heavy atom. The number of nitrogens with zero attached hydrogens (tertiary/aromatic N) is 1. The van der Waals surface area contributed by atoms with Gasteiger partial charge in [0.1, 0.15) is 23.7 Å². The fraction of sp³-hybridized carbons (Fsp3) is 0.389. The quantitative estimate of drug-likeness (QED) is 0.379. The van der Waals surface area contributed by atoms with Crippen molar-refractivity contribution in [3.8, 4) is 5.75 Å². The van der Waals surface area contributed by atoms with Crippen LogP contribution in [0.2, 0.25) is 0 Å². The van der Waals surface area contributed by atoms with E-state index in [0.29, 0.717) is 24.8 Å².